The predicted molar refractivity (Wildman–Crippen MR) is 92.3 cm³/mol. The van der Waals surface area contributed by atoms with Gasteiger partial charge in [-0.25, -0.2) is 0 Å². The van der Waals surface area contributed by atoms with Crippen LogP contribution in [-0.4, -0.2) is 16.2 Å². The number of aromatic nitrogens is 1. The molecular formula is C15H12Br2ClNO2. The van der Waals surface area contributed by atoms with Crippen LogP contribution in [0.5, 0.6) is 0 Å². The highest BCUT2D eigenvalue weighted by atomic mass is 79.9. The van der Waals surface area contributed by atoms with Crippen molar-refractivity contribution in [2.24, 2.45) is 0 Å². The van der Waals surface area contributed by atoms with Crippen molar-refractivity contribution in [1.29, 1.82) is 0 Å². The lowest BCUT2D eigenvalue weighted by molar-refractivity contribution is 0.112. The number of carbonyl (C=O) groups excluding carboxylic acids is 1. The monoisotopic (exact) mass is 431 g/mol. The number of benzene rings is 1. The van der Waals surface area contributed by atoms with Crippen molar-refractivity contribution >= 4 is 49.7 Å². The van der Waals surface area contributed by atoms with Gasteiger partial charge in [0.15, 0.2) is 6.29 Å². The summed E-state index contributed by atoms with van der Waals surface area (Å²) in [5.41, 5.74) is 1.61. The molecule has 1 aromatic heterocycles. The molecule has 110 valence electrons. The third kappa shape index (κ3) is 3.65. The van der Waals surface area contributed by atoms with Gasteiger partial charge in [-0.2, -0.15) is 0 Å². The fourth-order valence-corrected chi connectivity index (χ4v) is 2.97. The van der Waals surface area contributed by atoms with Crippen molar-refractivity contribution in [3.63, 3.8) is 0 Å². The van der Waals surface area contributed by atoms with E-state index in [0.29, 0.717) is 32.7 Å². The zero-order valence-electron chi connectivity index (χ0n) is 11.0. The molecule has 2 rings (SSSR count). The molecule has 0 N–H and O–H groups in total. The van der Waals surface area contributed by atoms with Crippen molar-refractivity contribution in [3.8, 4) is 5.69 Å². The summed E-state index contributed by atoms with van der Waals surface area (Å²) >= 11 is 12.6. The molecule has 1 heterocycles. The lowest BCUT2D eigenvalue weighted by Gasteiger charge is -2.12. The fraction of sp³-hybridized carbons (Fsp3) is 0.200. The van der Waals surface area contributed by atoms with Gasteiger partial charge in [-0.3, -0.25) is 14.2 Å². The molecule has 0 saturated heterocycles. The number of halogens is 3. The fourth-order valence-electron chi connectivity index (χ4n) is 2.00. The summed E-state index contributed by atoms with van der Waals surface area (Å²) < 4.78 is 2.06. The molecule has 0 aliphatic heterocycles. The van der Waals surface area contributed by atoms with Gasteiger partial charge in [0.1, 0.15) is 0 Å². The Morgan fingerprint density at radius 3 is 2.48 bits per heavy atom. The first kappa shape index (κ1) is 16.5. The molecule has 0 aliphatic carbocycles. The van der Waals surface area contributed by atoms with E-state index in [9.17, 15) is 9.59 Å². The number of nitrogens with zero attached hydrogens (tertiary/aromatic N) is 1. The Morgan fingerprint density at radius 2 is 1.90 bits per heavy atom. The maximum absolute atomic E-state index is 12.6. The summed E-state index contributed by atoms with van der Waals surface area (Å²) in [4.78, 5) is 23.8. The van der Waals surface area contributed by atoms with Gasteiger partial charge in [0.25, 0.3) is 5.56 Å². The van der Waals surface area contributed by atoms with Crippen molar-refractivity contribution in [2.75, 3.05) is 5.33 Å². The van der Waals surface area contributed by atoms with Crippen LogP contribution in [0.3, 0.4) is 0 Å². The molecule has 2 aromatic rings. The number of aldehydes is 1. The van der Waals surface area contributed by atoms with Crippen LogP contribution in [0, 0.1) is 0 Å². The molecule has 0 bridgehead atoms. The third-order valence-electron chi connectivity index (χ3n) is 3.06. The van der Waals surface area contributed by atoms with Gasteiger partial charge in [-0.15, -0.1) is 0 Å². The molecular weight excluding hydrogens is 421 g/mol. The molecule has 1 aromatic carbocycles. The van der Waals surface area contributed by atoms with Gasteiger partial charge < -0.3 is 0 Å². The summed E-state index contributed by atoms with van der Waals surface area (Å²) in [7, 11) is 0. The molecule has 0 radical (unpaired) electrons. The SMILES string of the molecule is O=Cc1cn(-c2ccc(Cl)cc2)c(=O)c(CCCBr)c1Br. The Hall–Kier alpha value is -0.910. The van der Waals surface area contributed by atoms with Crippen LogP contribution in [0.2, 0.25) is 5.02 Å². The van der Waals surface area contributed by atoms with Gasteiger partial charge in [-0.05, 0) is 53.0 Å². The van der Waals surface area contributed by atoms with Gasteiger partial charge in [0.2, 0.25) is 0 Å². The summed E-state index contributed by atoms with van der Waals surface area (Å²) in [5.74, 6) is 0. The summed E-state index contributed by atoms with van der Waals surface area (Å²) in [5, 5.41) is 1.39. The van der Waals surface area contributed by atoms with Gasteiger partial charge >= 0.3 is 0 Å². The highest BCUT2D eigenvalue weighted by Crippen LogP contribution is 2.21. The molecule has 0 aliphatic rings. The highest BCUT2D eigenvalue weighted by Gasteiger charge is 2.14. The smallest absolute Gasteiger partial charge is 0.259 e. The van der Waals surface area contributed by atoms with E-state index >= 15 is 0 Å². The summed E-state index contributed by atoms with van der Waals surface area (Å²) in [6.45, 7) is 0. The summed E-state index contributed by atoms with van der Waals surface area (Å²) in [6, 6.07) is 6.93. The molecule has 0 unspecified atom stereocenters. The molecule has 6 heteroatoms. The van der Waals surface area contributed by atoms with Crippen molar-refractivity contribution < 1.29 is 4.79 Å². The Kier molecular flexibility index (Phi) is 5.79. The largest absolute Gasteiger partial charge is 0.298 e. The molecule has 3 nitrogen and oxygen atoms in total. The van der Waals surface area contributed by atoms with Crippen LogP contribution < -0.4 is 5.56 Å². The molecule has 0 atom stereocenters. The second-order valence-corrected chi connectivity index (χ2v) is 6.46. The van der Waals surface area contributed by atoms with E-state index in [1.54, 1.807) is 30.5 Å². The zero-order chi connectivity index (χ0) is 15.4. The van der Waals surface area contributed by atoms with Crippen LogP contribution >= 0.6 is 43.5 Å². The van der Waals surface area contributed by atoms with Crippen LogP contribution in [0.1, 0.15) is 22.3 Å². The average molecular weight is 434 g/mol. The number of pyridine rings is 1. The Balaban J connectivity index is 2.63. The molecule has 21 heavy (non-hydrogen) atoms. The first-order chi connectivity index (χ1) is 10.1. The topological polar surface area (TPSA) is 39.1 Å². The van der Waals surface area contributed by atoms with Gasteiger partial charge in [0, 0.05) is 37.8 Å². The van der Waals surface area contributed by atoms with E-state index in [1.807, 2.05) is 0 Å². The number of hydrogen-bond donors (Lipinski definition) is 0. The van der Waals surface area contributed by atoms with E-state index in [4.69, 9.17) is 11.6 Å². The maximum atomic E-state index is 12.6. The average Bonchev–Trinajstić information content (AvgIpc) is 2.49. The van der Waals surface area contributed by atoms with Crippen LogP contribution in [0.25, 0.3) is 5.69 Å². The second kappa shape index (κ2) is 7.38. The molecule has 0 saturated carbocycles. The van der Waals surface area contributed by atoms with Crippen molar-refractivity contribution in [1.82, 2.24) is 4.57 Å². The highest BCUT2D eigenvalue weighted by molar-refractivity contribution is 9.10. The minimum absolute atomic E-state index is 0.129. The molecule has 0 fully saturated rings. The van der Waals surface area contributed by atoms with E-state index < -0.39 is 0 Å². The number of carbonyl (C=O) groups is 1. The first-order valence-corrected chi connectivity index (χ1v) is 8.59. The number of hydrogen-bond acceptors (Lipinski definition) is 2. The van der Waals surface area contributed by atoms with Crippen molar-refractivity contribution in [3.05, 3.63) is 61.4 Å². The first-order valence-electron chi connectivity index (χ1n) is 6.29. The third-order valence-corrected chi connectivity index (χ3v) is 4.80. The minimum atomic E-state index is -0.129. The number of alkyl halides is 1. The van der Waals surface area contributed by atoms with E-state index in [2.05, 4.69) is 31.9 Å². The Bertz CT molecular complexity index is 711. The van der Waals surface area contributed by atoms with Gasteiger partial charge in [-0.1, -0.05) is 27.5 Å². The maximum Gasteiger partial charge on any atom is 0.259 e. The molecule has 0 spiro atoms. The van der Waals surface area contributed by atoms with Crippen LogP contribution in [-0.2, 0) is 6.42 Å². The predicted octanol–water partition coefficient (Wildman–Crippen LogP) is 4.39. The lowest BCUT2D eigenvalue weighted by atomic mass is 10.1. The lowest BCUT2D eigenvalue weighted by Crippen LogP contribution is -2.24. The Morgan fingerprint density at radius 1 is 1.24 bits per heavy atom. The van der Waals surface area contributed by atoms with Crippen LogP contribution in [0.15, 0.2) is 39.7 Å². The van der Waals surface area contributed by atoms with E-state index in [-0.39, 0.29) is 5.56 Å². The second-order valence-electron chi connectivity index (χ2n) is 4.44. The zero-order valence-corrected chi connectivity index (χ0v) is 14.9. The normalized spacial score (nSPS) is 10.6. The summed E-state index contributed by atoms with van der Waals surface area (Å²) in [6.07, 6.45) is 3.70. The number of rotatable bonds is 5. The standard InChI is InChI=1S/C15H12Br2ClNO2/c16-7-1-2-13-14(17)10(9-20)8-19(15(13)21)12-5-3-11(18)4-6-12/h3-6,8-9H,1-2,7H2. The van der Waals surface area contributed by atoms with Crippen LogP contribution in [0.4, 0.5) is 0 Å². The van der Waals surface area contributed by atoms with E-state index in [1.165, 1.54) is 4.57 Å². The van der Waals surface area contributed by atoms with Crippen molar-refractivity contribution in [2.45, 2.75) is 12.8 Å². The Labute approximate surface area is 144 Å². The minimum Gasteiger partial charge on any atom is -0.298 e. The molecule has 0 amide bonds. The quantitative estimate of drug-likeness (QED) is 0.518. The van der Waals surface area contributed by atoms with E-state index in [0.717, 1.165) is 18.0 Å². The van der Waals surface area contributed by atoms with Gasteiger partial charge in [0.05, 0.1) is 0 Å².